The molecule has 0 aliphatic heterocycles. The van der Waals surface area contributed by atoms with Crippen LogP contribution in [0.1, 0.15) is 0 Å². The van der Waals surface area contributed by atoms with Crippen LogP contribution < -0.4 is 16.8 Å². The number of fused-ring (bicyclic) bond motifs is 1. The molecule has 0 fully saturated rings. The van der Waals surface area contributed by atoms with Crippen LogP contribution in [0.25, 0.3) is 22.3 Å². The van der Waals surface area contributed by atoms with Crippen molar-refractivity contribution in [2.75, 3.05) is 0 Å². The first-order valence-corrected chi connectivity index (χ1v) is 6.75. The van der Waals surface area contributed by atoms with Gasteiger partial charge in [-0.1, -0.05) is 42.5 Å². The summed E-state index contributed by atoms with van der Waals surface area (Å²) >= 11 is 0. The molecule has 110 valence electrons. The van der Waals surface area contributed by atoms with Gasteiger partial charge in [0.1, 0.15) is 12.4 Å². The largest absolute Gasteiger partial charge is 0.293 e. The fraction of sp³-hybridized carbons (Fsp3) is 0.0625. The zero-order valence-electron chi connectivity index (χ0n) is 11.7. The minimum Gasteiger partial charge on any atom is -0.293 e. The molecule has 1 amide bonds. The van der Waals surface area contributed by atoms with Gasteiger partial charge < -0.3 is 0 Å². The van der Waals surface area contributed by atoms with E-state index in [1.807, 2.05) is 41.8 Å². The fourth-order valence-corrected chi connectivity index (χ4v) is 2.31. The highest BCUT2D eigenvalue weighted by molar-refractivity contribution is 5.81. The summed E-state index contributed by atoms with van der Waals surface area (Å²) < 4.78 is 1.33. The normalized spacial score (nSPS) is 10.6. The first-order valence-electron chi connectivity index (χ1n) is 6.75. The lowest BCUT2D eigenvalue weighted by molar-refractivity contribution is -0.121. The smallest absolute Gasteiger partial charge is 0.262 e. The SMILES string of the molecule is NNC(=O)Cn1c(-c2ccccc2)nc2ccccc2c1=O. The number of amides is 1. The predicted octanol–water partition coefficient (Wildman–Crippen LogP) is 1.05. The Labute approximate surface area is 126 Å². The van der Waals surface area contributed by atoms with Crippen LogP contribution in [-0.4, -0.2) is 15.5 Å². The summed E-state index contributed by atoms with van der Waals surface area (Å²) in [6.45, 7) is -0.183. The van der Waals surface area contributed by atoms with Crippen LogP contribution >= 0.6 is 0 Å². The van der Waals surface area contributed by atoms with Gasteiger partial charge in [-0.25, -0.2) is 10.8 Å². The van der Waals surface area contributed by atoms with Crippen molar-refractivity contribution in [3.63, 3.8) is 0 Å². The molecule has 1 aromatic heterocycles. The van der Waals surface area contributed by atoms with Crippen molar-refractivity contribution in [1.29, 1.82) is 0 Å². The molecule has 3 aromatic rings. The number of aromatic nitrogens is 2. The minimum atomic E-state index is -0.462. The van der Waals surface area contributed by atoms with Gasteiger partial charge in [-0.15, -0.1) is 0 Å². The van der Waals surface area contributed by atoms with Crippen LogP contribution in [0.15, 0.2) is 59.4 Å². The highest BCUT2D eigenvalue weighted by atomic mass is 16.2. The molecule has 22 heavy (non-hydrogen) atoms. The van der Waals surface area contributed by atoms with Gasteiger partial charge in [0.25, 0.3) is 11.5 Å². The number of para-hydroxylation sites is 1. The lowest BCUT2D eigenvalue weighted by Gasteiger charge is -2.12. The number of nitrogens with one attached hydrogen (secondary N) is 1. The van der Waals surface area contributed by atoms with E-state index >= 15 is 0 Å². The molecule has 0 radical (unpaired) electrons. The monoisotopic (exact) mass is 294 g/mol. The number of nitrogens with two attached hydrogens (primary N) is 1. The molecule has 2 aromatic carbocycles. The average molecular weight is 294 g/mol. The minimum absolute atomic E-state index is 0.183. The highest BCUT2D eigenvalue weighted by Gasteiger charge is 2.14. The van der Waals surface area contributed by atoms with E-state index in [2.05, 4.69) is 4.98 Å². The Bertz CT molecular complexity index is 888. The molecular formula is C16H14N4O2. The molecule has 6 nitrogen and oxygen atoms in total. The van der Waals surface area contributed by atoms with E-state index in [1.165, 1.54) is 4.57 Å². The maximum absolute atomic E-state index is 12.7. The van der Waals surface area contributed by atoms with Gasteiger partial charge in [0, 0.05) is 5.56 Å². The second-order valence-corrected chi connectivity index (χ2v) is 4.78. The van der Waals surface area contributed by atoms with Crippen molar-refractivity contribution >= 4 is 16.8 Å². The van der Waals surface area contributed by atoms with Gasteiger partial charge in [-0.2, -0.15) is 0 Å². The fourth-order valence-electron chi connectivity index (χ4n) is 2.31. The maximum atomic E-state index is 12.7. The molecule has 0 saturated heterocycles. The van der Waals surface area contributed by atoms with Crippen LogP contribution in [0.3, 0.4) is 0 Å². The molecule has 0 spiro atoms. The van der Waals surface area contributed by atoms with Crippen molar-refractivity contribution in [3.8, 4) is 11.4 Å². The second-order valence-electron chi connectivity index (χ2n) is 4.78. The molecule has 0 aliphatic carbocycles. The highest BCUT2D eigenvalue weighted by Crippen LogP contribution is 2.18. The Balaban J connectivity index is 2.31. The van der Waals surface area contributed by atoms with Crippen LogP contribution in [0.2, 0.25) is 0 Å². The number of nitrogens with zero attached hydrogens (tertiary/aromatic N) is 2. The van der Waals surface area contributed by atoms with Gasteiger partial charge in [0.15, 0.2) is 0 Å². The van der Waals surface area contributed by atoms with Gasteiger partial charge in [-0.3, -0.25) is 19.6 Å². The number of hydrogen-bond donors (Lipinski definition) is 2. The van der Waals surface area contributed by atoms with E-state index < -0.39 is 5.91 Å². The molecule has 0 aliphatic rings. The lowest BCUT2D eigenvalue weighted by atomic mass is 10.2. The molecule has 0 atom stereocenters. The molecule has 6 heteroatoms. The Kier molecular flexibility index (Phi) is 3.67. The number of benzene rings is 2. The number of hydrogen-bond acceptors (Lipinski definition) is 4. The lowest BCUT2D eigenvalue weighted by Crippen LogP contribution is -2.37. The molecule has 0 saturated carbocycles. The summed E-state index contributed by atoms with van der Waals surface area (Å²) in [5, 5.41) is 0.465. The first kappa shape index (κ1) is 14.0. The second kappa shape index (κ2) is 5.79. The third kappa shape index (κ3) is 2.47. The Morgan fingerprint density at radius 1 is 1.09 bits per heavy atom. The molecule has 3 rings (SSSR count). The molecule has 3 N–H and O–H groups in total. The summed E-state index contributed by atoms with van der Waals surface area (Å²) in [6.07, 6.45) is 0. The standard InChI is InChI=1S/C16H14N4O2/c17-19-14(21)10-20-15(11-6-2-1-3-7-11)18-13-9-5-4-8-12(13)16(20)22/h1-9H,10,17H2,(H,19,21). The quantitative estimate of drug-likeness (QED) is 0.429. The van der Waals surface area contributed by atoms with E-state index in [9.17, 15) is 9.59 Å². The van der Waals surface area contributed by atoms with Crippen molar-refractivity contribution < 1.29 is 4.79 Å². The molecular weight excluding hydrogens is 280 g/mol. The summed E-state index contributed by atoms with van der Waals surface area (Å²) in [4.78, 5) is 28.8. The van der Waals surface area contributed by atoms with E-state index in [-0.39, 0.29) is 12.1 Å². The van der Waals surface area contributed by atoms with Gasteiger partial charge in [0.05, 0.1) is 10.9 Å². The predicted molar refractivity (Wildman–Crippen MR) is 83.8 cm³/mol. The Morgan fingerprint density at radius 2 is 1.77 bits per heavy atom. The topological polar surface area (TPSA) is 90.0 Å². The Morgan fingerprint density at radius 3 is 2.50 bits per heavy atom. The van der Waals surface area contributed by atoms with E-state index in [1.54, 1.807) is 18.2 Å². The first-order chi connectivity index (χ1) is 10.7. The molecule has 1 heterocycles. The third-order valence-electron chi connectivity index (χ3n) is 3.36. The van der Waals surface area contributed by atoms with Crippen molar-refractivity contribution in [2.24, 2.45) is 5.84 Å². The summed E-state index contributed by atoms with van der Waals surface area (Å²) in [5.74, 6) is 5.11. The van der Waals surface area contributed by atoms with E-state index in [0.29, 0.717) is 16.7 Å². The van der Waals surface area contributed by atoms with Gasteiger partial charge in [-0.05, 0) is 12.1 Å². The van der Waals surface area contributed by atoms with Crippen LogP contribution in [0, 0.1) is 0 Å². The molecule has 0 unspecified atom stereocenters. The van der Waals surface area contributed by atoms with Crippen LogP contribution in [0.5, 0.6) is 0 Å². The van der Waals surface area contributed by atoms with Gasteiger partial charge >= 0.3 is 0 Å². The van der Waals surface area contributed by atoms with Gasteiger partial charge in [0.2, 0.25) is 0 Å². The van der Waals surface area contributed by atoms with Crippen molar-refractivity contribution in [3.05, 3.63) is 65.0 Å². The van der Waals surface area contributed by atoms with E-state index in [4.69, 9.17) is 5.84 Å². The number of hydrazine groups is 1. The summed E-state index contributed by atoms with van der Waals surface area (Å²) in [7, 11) is 0. The van der Waals surface area contributed by atoms with Crippen LogP contribution in [-0.2, 0) is 11.3 Å². The number of carbonyl (C=O) groups is 1. The summed E-state index contributed by atoms with van der Waals surface area (Å²) in [5.41, 5.74) is 3.12. The van der Waals surface area contributed by atoms with Crippen molar-refractivity contribution in [2.45, 2.75) is 6.54 Å². The zero-order chi connectivity index (χ0) is 15.5. The van der Waals surface area contributed by atoms with Crippen molar-refractivity contribution in [1.82, 2.24) is 15.0 Å². The Hall–Kier alpha value is -2.99. The maximum Gasteiger partial charge on any atom is 0.262 e. The number of rotatable bonds is 3. The molecule has 0 bridgehead atoms. The third-order valence-corrected chi connectivity index (χ3v) is 3.36. The average Bonchev–Trinajstić information content (AvgIpc) is 2.58. The zero-order valence-corrected chi connectivity index (χ0v) is 11.7. The van der Waals surface area contributed by atoms with Crippen LogP contribution in [0.4, 0.5) is 0 Å². The van der Waals surface area contributed by atoms with E-state index in [0.717, 1.165) is 5.56 Å². The summed E-state index contributed by atoms with van der Waals surface area (Å²) in [6, 6.07) is 16.3. The number of carbonyl (C=O) groups excluding carboxylic acids is 1.